The van der Waals surface area contributed by atoms with Crippen LogP contribution >= 0.6 is 0 Å². The molecule has 36 heavy (non-hydrogen) atoms. The van der Waals surface area contributed by atoms with Gasteiger partial charge in [-0.3, -0.25) is 9.89 Å². The maximum atomic E-state index is 13.6. The zero-order chi connectivity index (χ0) is 26.1. The Labute approximate surface area is 214 Å². The van der Waals surface area contributed by atoms with Crippen LogP contribution in [0.3, 0.4) is 0 Å². The van der Waals surface area contributed by atoms with Gasteiger partial charge in [0.05, 0.1) is 18.2 Å². The van der Waals surface area contributed by atoms with Crippen LogP contribution in [0.5, 0.6) is 6.01 Å². The number of nitrogens with one attached hydrogen (secondary N) is 1. The zero-order valence-electron chi connectivity index (χ0n) is 22.1. The van der Waals surface area contributed by atoms with Crippen LogP contribution in [0, 0.1) is 11.3 Å². The molecule has 0 atom stereocenters. The topological polar surface area (TPSA) is 94.9 Å². The number of likely N-dealkylation sites (tertiary alicyclic amines) is 1. The van der Waals surface area contributed by atoms with E-state index in [-0.39, 0.29) is 5.91 Å². The van der Waals surface area contributed by atoms with Crippen LogP contribution in [0.2, 0.25) is 0 Å². The normalized spacial score (nSPS) is 13.5. The molecule has 190 valence electrons. The van der Waals surface area contributed by atoms with Gasteiger partial charge in [-0.1, -0.05) is 45.9 Å². The molecule has 1 saturated heterocycles. The number of aromatic amines is 1. The molecule has 7 heteroatoms. The zero-order valence-corrected chi connectivity index (χ0v) is 22.1. The summed E-state index contributed by atoms with van der Waals surface area (Å²) in [6.07, 6.45) is 3.45. The lowest BCUT2D eigenvalue weighted by atomic mass is 9.88. The van der Waals surface area contributed by atoms with Crippen molar-refractivity contribution in [1.29, 1.82) is 5.26 Å². The van der Waals surface area contributed by atoms with Crippen LogP contribution in [-0.4, -0.2) is 45.7 Å². The van der Waals surface area contributed by atoms with Gasteiger partial charge in [-0.25, -0.2) is 0 Å². The van der Waals surface area contributed by atoms with Crippen LogP contribution in [0.25, 0.3) is 11.4 Å². The number of rotatable bonds is 7. The van der Waals surface area contributed by atoms with E-state index in [1.54, 1.807) is 0 Å². The Morgan fingerprint density at radius 1 is 1.08 bits per heavy atom. The summed E-state index contributed by atoms with van der Waals surface area (Å²) < 4.78 is 5.41. The summed E-state index contributed by atoms with van der Waals surface area (Å²) in [5.41, 5.74) is 5.74. The van der Waals surface area contributed by atoms with E-state index < -0.39 is 0 Å². The molecule has 7 nitrogen and oxygen atoms in total. The van der Waals surface area contributed by atoms with E-state index in [1.807, 2.05) is 56.0 Å². The van der Waals surface area contributed by atoms with Gasteiger partial charge in [0.2, 0.25) is 0 Å². The van der Waals surface area contributed by atoms with Gasteiger partial charge in [-0.05, 0) is 73.4 Å². The van der Waals surface area contributed by atoms with Gasteiger partial charge in [-0.15, -0.1) is 5.10 Å². The van der Waals surface area contributed by atoms with Gasteiger partial charge >= 0.3 is 6.01 Å². The number of nitriles is 1. The summed E-state index contributed by atoms with van der Waals surface area (Å²) >= 11 is 0. The standard InChI is InChI=1S/C27H31N5O2.C2H6/c1-4-19-15-20(5-2)24(16-23(19)25-29-27(31-30-25)34-6-3)26(33)32-13-11-22(12-14-32)21-9-7-18(17-28)8-10-21;1-2/h7-10,15-16,22H,4-6,11-14H2,1-3H3,(H,29,30,31);1-2H3. The van der Waals surface area contributed by atoms with E-state index in [0.29, 0.717) is 43.0 Å². The quantitative estimate of drug-likeness (QED) is 0.447. The molecule has 2 aromatic carbocycles. The fraction of sp³-hybridized carbons (Fsp3) is 0.448. The van der Waals surface area contributed by atoms with E-state index >= 15 is 0 Å². The van der Waals surface area contributed by atoms with Gasteiger partial charge in [0, 0.05) is 24.2 Å². The fourth-order valence-corrected chi connectivity index (χ4v) is 4.68. The van der Waals surface area contributed by atoms with E-state index in [4.69, 9.17) is 10.00 Å². The summed E-state index contributed by atoms with van der Waals surface area (Å²) in [6.45, 7) is 12.0. The molecule has 1 aromatic heterocycles. The molecule has 0 spiro atoms. The fourth-order valence-electron chi connectivity index (χ4n) is 4.68. The maximum Gasteiger partial charge on any atom is 0.335 e. The number of piperidine rings is 1. The molecule has 1 N–H and O–H groups in total. The molecule has 0 radical (unpaired) electrons. The number of carbonyl (C=O) groups is 1. The minimum absolute atomic E-state index is 0.0728. The Morgan fingerprint density at radius 2 is 1.75 bits per heavy atom. The molecule has 4 rings (SSSR count). The van der Waals surface area contributed by atoms with Crippen molar-refractivity contribution in [2.75, 3.05) is 19.7 Å². The van der Waals surface area contributed by atoms with Crippen molar-refractivity contribution in [3.8, 4) is 23.5 Å². The lowest BCUT2D eigenvalue weighted by Gasteiger charge is -2.33. The van der Waals surface area contributed by atoms with Crippen molar-refractivity contribution in [1.82, 2.24) is 20.1 Å². The van der Waals surface area contributed by atoms with Crippen LogP contribution < -0.4 is 4.74 Å². The second-order valence-electron chi connectivity index (χ2n) is 8.57. The third kappa shape index (κ3) is 5.93. The summed E-state index contributed by atoms with van der Waals surface area (Å²) in [7, 11) is 0. The van der Waals surface area contributed by atoms with Crippen molar-refractivity contribution < 1.29 is 9.53 Å². The van der Waals surface area contributed by atoms with Crippen molar-refractivity contribution in [2.45, 2.75) is 66.2 Å². The molecule has 0 unspecified atom stereocenters. The number of ether oxygens (including phenoxy) is 1. The summed E-state index contributed by atoms with van der Waals surface area (Å²) in [4.78, 5) is 20.1. The monoisotopic (exact) mass is 487 g/mol. The third-order valence-electron chi connectivity index (χ3n) is 6.61. The van der Waals surface area contributed by atoms with E-state index in [2.05, 4.69) is 41.2 Å². The highest BCUT2D eigenvalue weighted by atomic mass is 16.5. The van der Waals surface area contributed by atoms with E-state index in [0.717, 1.165) is 47.9 Å². The van der Waals surface area contributed by atoms with Crippen LogP contribution in [-0.2, 0) is 12.8 Å². The third-order valence-corrected chi connectivity index (χ3v) is 6.61. The second-order valence-corrected chi connectivity index (χ2v) is 8.57. The molecular weight excluding hydrogens is 450 g/mol. The SMILES string of the molecule is CC.CCOc1n[nH]c(-c2cc(C(=O)N3CCC(c4ccc(C#N)cc4)CC3)c(CC)cc2CC)n1. The predicted octanol–water partition coefficient (Wildman–Crippen LogP) is 5.91. The number of hydrogen-bond donors (Lipinski definition) is 1. The number of amides is 1. The molecule has 2 heterocycles. The highest BCUT2D eigenvalue weighted by Gasteiger charge is 2.27. The van der Waals surface area contributed by atoms with Gasteiger partial charge in [0.1, 0.15) is 0 Å². The number of hydrogen-bond acceptors (Lipinski definition) is 5. The Morgan fingerprint density at radius 3 is 2.33 bits per heavy atom. The number of aryl methyl sites for hydroxylation is 2. The summed E-state index contributed by atoms with van der Waals surface area (Å²) in [5, 5.41) is 16.1. The first-order valence-corrected chi connectivity index (χ1v) is 13.1. The highest BCUT2D eigenvalue weighted by Crippen LogP contribution is 2.31. The van der Waals surface area contributed by atoms with Gasteiger partial charge < -0.3 is 9.64 Å². The molecule has 0 bridgehead atoms. The highest BCUT2D eigenvalue weighted by molar-refractivity contribution is 5.97. The number of benzene rings is 2. The van der Waals surface area contributed by atoms with Crippen molar-refractivity contribution in [3.05, 3.63) is 64.2 Å². The molecule has 3 aromatic rings. The molecule has 0 saturated carbocycles. The van der Waals surface area contributed by atoms with Crippen LogP contribution in [0.1, 0.15) is 86.0 Å². The van der Waals surface area contributed by atoms with Crippen LogP contribution in [0.4, 0.5) is 0 Å². The number of nitrogens with zero attached hydrogens (tertiary/aromatic N) is 4. The lowest BCUT2D eigenvalue weighted by molar-refractivity contribution is 0.0712. The average Bonchev–Trinajstić information content (AvgIpc) is 3.41. The summed E-state index contributed by atoms with van der Waals surface area (Å²) in [6, 6.07) is 14.4. The Bertz CT molecular complexity index is 1190. The van der Waals surface area contributed by atoms with Gasteiger partial charge in [0.15, 0.2) is 5.82 Å². The average molecular weight is 488 g/mol. The predicted molar refractivity (Wildman–Crippen MR) is 142 cm³/mol. The second kappa shape index (κ2) is 12.9. The van der Waals surface area contributed by atoms with Crippen molar-refractivity contribution >= 4 is 5.91 Å². The first-order valence-electron chi connectivity index (χ1n) is 13.1. The minimum Gasteiger partial charge on any atom is -0.463 e. The number of carbonyl (C=O) groups excluding carboxylic acids is 1. The number of H-pyrrole nitrogens is 1. The molecule has 1 fully saturated rings. The molecule has 1 aliphatic heterocycles. The molecule has 1 aliphatic rings. The van der Waals surface area contributed by atoms with Crippen molar-refractivity contribution in [3.63, 3.8) is 0 Å². The molecular formula is C29H37N5O2. The van der Waals surface area contributed by atoms with Crippen LogP contribution in [0.15, 0.2) is 36.4 Å². The minimum atomic E-state index is 0.0728. The van der Waals surface area contributed by atoms with E-state index in [9.17, 15) is 4.79 Å². The Balaban J connectivity index is 0.00000176. The maximum absolute atomic E-state index is 13.6. The summed E-state index contributed by atoms with van der Waals surface area (Å²) in [5.74, 6) is 1.10. The van der Waals surface area contributed by atoms with Crippen molar-refractivity contribution in [2.24, 2.45) is 0 Å². The molecule has 1 amide bonds. The smallest absolute Gasteiger partial charge is 0.335 e. The lowest BCUT2D eigenvalue weighted by Crippen LogP contribution is -2.38. The first kappa shape index (κ1) is 26.9. The molecule has 0 aliphatic carbocycles. The first-order chi connectivity index (χ1) is 17.6. The Hall–Kier alpha value is -3.66. The van der Waals surface area contributed by atoms with E-state index in [1.165, 1.54) is 5.56 Å². The Kier molecular flexibility index (Phi) is 9.63. The largest absolute Gasteiger partial charge is 0.463 e. The number of aromatic nitrogens is 3. The van der Waals surface area contributed by atoms with Gasteiger partial charge in [-0.2, -0.15) is 10.2 Å². The van der Waals surface area contributed by atoms with Gasteiger partial charge in [0.25, 0.3) is 5.91 Å².